The molecule has 0 unspecified atom stereocenters. The van der Waals surface area contributed by atoms with Gasteiger partial charge < -0.3 is 14.4 Å². The van der Waals surface area contributed by atoms with Gasteiger partial charge in [0.2, 0.25) is 11.8 Å². The first kappa shape index (κ1) is 19.9. The van der Waals surface area contributed by atoms with Crippen molar-refractivity contribution in [2.24, 2.45) is 11.3 Å². The van der Waals surface area contributed by atoms with Crippen molar-refractivity contribution in [3.63, 3.8) is 0 Å². The number of likely N-dealkylation sites (tertiary alicyclic amines) is 1. The van der Waals surface area contributed by atoms with Crippen LogP contribution in [0, 0.1) is 11.3 Å². The molecule has 0 N–H and O–H groups in total. The van der Waals surface area contributed by atoms with Crippen LogP contribution in [-0.4, -0.2) is 34.8 Å². The van der Waals surface area contributed by atoms with Crippen LogP contribution in [0.4, 0.5) is 0 Å². The number of piperidine rings is 1. The average molecular weight is 382 g/mol. The second-order valence-electron chi connectivity index (χ2n) is 7.98. The van der Waals surface area contributed by atoms with E-state index in [-0.39, 0.29) is 17.8 Å². The highest BCUT2D eigenvalue weighted by molar-refractivity contribution is 5.82. The zero-order valence-corrected chi connectivity index (χ0v) is 16.6. The smallest absolute Gasteiger partial charge is 0.314 e. The Hall–Kier alpha value is -2.89. The van der Waals surface area contributed by atoms with Crippen molar-refractivity contribution in [3.8, 4) is 17.4 Å². The highest BCUT2D eigenvalue weighted by atomic mass is 16.5. The van der Waals surface area contributed by atoms with Gasteiger partial charge in [-0.05, 0) is 43.2 Å². The molecule has 28 heavy (non-hydrogen) atoms. The molecule has 0 spiro atoms. The van der Waals surface area contributed by atoms with Gasteiger partial charge in [0.1, 0.15) is 11.5 Å². The molecule has 1 aliphatic heterocycles. The number of carbonyl (C=O) groups is 2. The lowest BCUT2D eigenvalue weighted by Gasteiger charge is -2.34. The van der Waals surface area contributed by atoms with Crippen LogP contribution in [0.1, 0.15) is 33.6 Å². The summed E-state index contributed by atoms with van der Waals surface area (Å²) in [5, 5.41) is 0. The summed E-state index contributed by atoms with van der Waals surface area (Å²) in [7, 11) is 0. The minimum atomic E-state index is -0.396. The summed E-state index contributed by atoms with van der Waals surface area (Å²) in [6, 6.07) is 12.3. The average Bonchev–Trinajstić information content (AvgIpc) is 2.69. The van der Waals surface area contributed by atoms with Crippen LogP contribution in [0.15, 0.2) is 48.7 Å². The summed E-state index contributed by atoms with van der Waals surface area (Å²) in [5.74, 6) is 1.29. The van der Waals surface area contributed by atoms with Gasteiger partial charge in [-0.2, -0.15) is 0 Å². The molecule has 0 atom stereocenters. The van der Waals surface area contributed by atoms with Crippen molar-refractivity contribution in [3.05, 3.63) is 48.7 Å². The molecule has 2 heterocycles. The fraction of sp³-hybridized carbons (Fsp3) is 0.409. The first-order valence-corrected chi connectivity index (χ1v) is 9.53. The predicted molar refractivity (Wildman–Crippen MR) is 105 cm³/mol. The number of hydrogen-bond donors (Lipinski definition) is 0. The van der Waals surface area contributed by atoms with Crippen molar-refractivity contribution >= 4 is 11.9 Å². The second kappa shape index (κ2) is 8.42. The van der Waals surface area contributed by atoms with Crippen molar-refractivity contribution < 1.29 is 19.1 Å². The first-order chi connectivity index (χ1) is 13.3. The lowest BCUT2D eigenvalue weighted by Crippen LogP contribution is -2.45. The molecule has 6 heteroatoms. The van der Waals surface area contributed by atoms with Gasteiger partial charge in [-0.15, -0.1) is 0 Å². The van der Waals surface area contributed by atoms with Crippen LogP contribution in [0.3, 0.4) is 0 Å². The fourth-order valence-electron chi connectivity index (χ4n) is 3.10. The minimum absolute atomic E-state index is 0.128. The molecular weight excluding hydrogens is 356 g/mol. The molecule has 1 saturated heterocycles. The normalized spacial score (nSPS) is 15.2. The molecule has 1 amide bonds. The molecule has 1 aliphatic rings. The van der Waals surface area contributed by atoms with E-state index >= 15 is 0 Å². The van der Waals surface area contributed by atoms with Crippen LogP contribution in [0.2, 0.25) is 0 Å². The van der Waals surface area contributed by atoms with Crippen LogP contribution in [0.5, 0.6) is 17.4 Å². The van der Waals surface area contributed by atoms with E-state index in [1.807, 2.05) is 37.8 Å². The van der Waals surface area contributed by atoms with Crippen molar-refractivity contribution in [1.82, 2.24) is 9.88 Å². The van der Waals surface area contributed by atoms with Crippen LogP contribution < -0.4 is 9.47 Å². The highest BCUT2D eigenvalue weighted by Crippen LogP contribution is 2.26. The number of aromatic nitrogens is 1. The van der Waals surface area contributed by atoms with Gasteiger partial charge in [-0.1, -0.05) is 26.8 Å². The number of nitrogens with zero attached hydrogens (tertiary/aromatic N) is 2. The Morgan fingerprint density at radius 1 is 1.00 bits per heavy atom. The third kappa shape index (κ3) is 5.09. The lowest BCUT2D eigenvalue weighted by atomic mass is 9.91. The lowest BCUT2D eigenvalue weighted by molar-refractivity contribution is -0.146. The Labute approximate surface area is 165 Å². The predicted octanol–water partition coefficient (Wildman–Crippen LogP) is 4.06. The monoisotopic (exact) mass is 382 g/mol. The number of carbonyl (C=O) groups excluding carboxylic acids is 2. The van der Waals surface area contributed by atoms with E-state index in [1.165, 1.54) is 0 Å². The fourth-order valence-corrected chi connectivity index (χ4v) is 3.10. The molecule has 0 saturated carbocycles. The number of ether oxygens (including phenoxy) is 2. The van der Waals surface area contributed by atoms with Gasteiger partial charge in [0.25, 0.3) is 0 Å². The van der Waals surface area contributed by atoms with Gasteiger partial charge >= 0.3 is 5.97 Å². The Morgan fingerprint density at radius 2 is 1.64 bits per heavy atom. The molecule has 0 radical (unpaired) electrons. The van der Waals surface area contributed by atoms with Gasteiger partial charge in [0.05, 0.1) is 5.92 Å². The van der Waals surface area contributed by atoms with Gasteiger partial charge in [0, 0.05) is 30.8 Å². The van der Waals surface area contributed by atoms with Crippen LogP contribution >= 0.6 is 0 Å². The summed E-state index contributed by atoms with van der Waals surface area (Å²) >= 11 is 0. The Bertz CT molecular complexity index is 805. The Morgan fingerprint density at radius 3 is 2.21 bits per heavy atom. The summed E-state index contributed by atoms with van der Waals surface area (Å²) in [5.41, 5.74) is -0.396. The molecule has 6 nitrogen and oxygen atoms in total. The molecule has 1 aromatic carbocycles. The zero-order valence-electron chi connectivity index (χ0n) is 16.6. The molecule has 0 bridgehead atoms. The van der Waals surface area contributed by atoms with E-state index < -0.39 is 5.41 Å². The van der Waals surface area contributed by atoms with E-state index in [1.54, 1.807) is 36.5 Å². The number of rotatable bonds is 4. The molecule has 3 rings (SSSR count). The van der Waals surface area contributed by atoms with Crippen LogP contribution in [0.25, 0.3) is 0 Å². The first-order valence-electron chi connectivity index (χ1n) is 9.53. The molecule has 148 valence electrons. The molecule has 2 aromatic rings. The number of benzene rings is 1. The maximum absolute atomic E-state index is 12.4. The van der Waals surface area contributed by atoms with Crippen LogP contribution in [-0.2, 0) is 9.59 Å². The van der Waals surface area contributed by atoms with E-state index in [4.69, 9.17) is 9.47 Å². The second-order valence-corrected chi connectivity index (χ2v) is 7.98. The molecule has 0 aliphatic carbocycles. The Kier molecular flexibility index (Phi) is 5.97. The zero-order chi connectivity index (χ0) is 20.1. The highest BCUT2D eigenvalue weighted by Gasteiger charge is 2.33. The van der Waals surface area contributed by atoms with E-state index in [0.29, 0.717) is 43.3 Å². The topological polar surface area (TPSA) is 68.7 Å². The van der Waals surface area contributed by atoms with Crippen molar-refractivity contribution in [2.45, 2.75) is 33.6 Å². The summed E-state index contributed by atoms with van der Waals surface area (Å²) in [4.78, 5) is 30.7. The van der Waals surface area contributed by atoms with E-state index in [9.17, 15) is 9.59 Å². The summed E-state index contributed by atoms with van der Waals surface area (Å²) in [6.07, 6.45) is 2.91. The maximum atomic E-state index is 12.4. The quantitative estimate of drug-likeness (QED) is 0.589. The van der Waals surface area contributed by atoms with E-state index in [2.05, 4.69) is 4.98 Å². The molecule has 1 fully saturated rings. The molecular formula is C22H26N2O4. The third-order valence-corrected chi connectivity index (χ3v) is 4.66. The van der Waals surface area contributed by atoms with E-state index in [0.717, 1.165) is 0 Å². The Balaban J connectivity index is 1.51. The number of pyridine rings is 1. The number of amides is 1. The summed E-state index contributed by atoms with van der Waals surface area (Å²) in [6.45, 7) is 6.92. The SMILES string of the molecule is CC(C)(C)C(=O)N1CCC(C(=O)Oc2ccc(Oc3ccccn3)cc2)CC1. The minimum Gasteiger partial charge on any atom is -0.439 e. The summed E-state index contributed by atoms with van der Waals surface area (Å²) < 4.78 is 11.1. The molecule has 1 aromatic heterocycles. The van der Waals surface area contributed by atoms with Gasteiger partial charge in [0.15, 0.2) is 0 Å². The standard InChI is InChI=1S/C22H26N2O4/c1-22(2,3)21(26)24-14-11-16(12-15-24)20(25)28-18-9-7-17(8-10-18)27-19-6-4-5-13-23-19/h4-10,13,16H,11-12,14-15H2,1-3H3. The van der Waals surface area contributed by atoms with Gasteiger partial charge in [-0.25, -0.2) is 4.98 Å². The third-order valence-electron chi connectivity index (χ3n) is 4.66. The number of esters is 1. The van der Waals surface area contributed by atoms with Gasteiger partial charge in [-0.3, -0.25) is 9.59 Å². The van der Waals surface area contributed by atoms with Crippen molar-refractivity contribution in [2.75, 3.05) is 13.1 Å². The van der Waals surface area contributed by atoms with Crippen molar-refractivity contribution in [1.29, 1.82) is 0 Å². The largest absolute Gasteiger partial charge is 0.439 e. The number of hydrogen-bond acceptors (Lipinski definition) is 5. The maximum Gasteiger partial charge on any atom is 0.314 e.